The normalized spacial score (nSPS) is 16.2. The molecular formula is C22H23N3O4. The SMILES string of the molecule is Cc1ccc(OC2CCN(C(=O)C(=O)Nc3ccc4c(c3)CC(=O)N4)CC2)cc1. The molecule has 0 unspecified atom stereocenters. The van der Waals surface area contributed by atoms with Gasteiger partial charge in [0.15, 0.2) is 0 Å². The molecule has 0 aromatic heterocycles. The molecule has 2 aliphatic heterocycles. The second-order valence-electron chi connectivity index (χ2n) is 7.47. The molecule has 2 aliphatic rings. The fourth-order valence-corrected chi connectivity index (χ4v) is 3.62. The fraction of sp³-hybridized carbons (Fsp3) is 0.318. The molecule has 2 aromatic carbocycles. The third-order valence-electron chi connectivity index (χ3n) is 5.24. The highest BCUT2D eigenvalue weighted by Crippen LogP contribution is 2.26. The van der Waals surface area contributed by atoms with Gasteiger partial charge in [-0.25, -0.2) is 0 Å². The van der Waals surface area contributed by atoms with Crippen molar-refractivity contribution in [2.24, 2.45) is 0 Å². The van der Waals surface area contributed by atoms with Crippen molar-refractivity contribution < 1.29 is 19.1 Å². The van der Waals surface area contributed by atoms with E-state index in [2.05, 4.69) is 10.6 Å². The number of rotatable bonds is 3. The first kappa shape index (κ1) is 19.0. The molecule has 0 aliphatic carbocycles. The highest BCUT2D eigenvalue weighted by molar-refractivity contribution is 6.39. The highest BCUT2D eigenvalue weighted by Gasteiger charge is 2.28. The smallest absolute Gasteiger partial charge is 0.313 e. The number of benzene rings is 2. The molecule has 0 radical (unpaired) electrons. The Kier molecular flexibility index (Phi) is 5.20. The van der Waals surface area contributed by atoms with Crippen LogP contribution in [0.4, 0.5) is 11.4 Å². The molecular weight excluding hydrogens is 370 g/mol. The van der Waals surface area contributed by atoms with Crippen molar-refractivity contribution in [3.05, 3.63) is 53.6 Å². The number of piperidine rings is 1. The van der Waals surface area contributed by atoms with Crippen LogP contribution in [0.15, 0.2) is 42.5 Å². The minimum Gasteiger partial charge on any atom is -0.490 e. The third-order valence-corrected chi connectivity index (χ3v) is 5.24. The van der Waals surface area contributed by atoms with Crippen molar-refractivity contribution in [3.63, 3.8) is 0 Å². The fourth-order valence-electron chi connectivity index (χ4n) is 3.62. The summed E-state index contributed by atoms with van der Waals surface area (Å²) in [5, 5.41) is 5.38. The Morgan fingerprint density at radius 1 is 1.10 bits per heavy atom. The Morgan fingerprint density at radius 2 is 1.83 bits per heavy atom. The molecule has 2 heterocycles. The first-order chi connectivity index (χ1) is 14.0. The molecule has 150 valence electrons. The molecule has 1 saturated heterocycles. The topological polar surface area (TPSA) is 87.7 Å². The van der Waals surface area contributed by atoms with Crippen LogP contribution in [0, 0.1) is 6.92 Å². The molecule has 0 atom stereocenters. The number of carbonyl (C=O) groups is 3. The number of aryl methyl sites for hydroxylation is 1. The van der Waals surface area contributed by atoms with Gasteiger partial charge in [0.2, 0.25) is 5.91 Å². The number of hydrogen-bond acceptors (Lipinski definition) is 4. The maximum absolute atomic E-state index is 12.5. The lowest BCUT2D eigenvalue weighted by molar-refractivity contribution is -0.144. The van der Waals surface area contributed by atoms with Gasteiger partial charge in [-0.05, 0) is 42.8 Å². The minimum atomic E-state index is -0.667. The van der Waals surface area contributed by atoms with Gasteiger partial charge in [-0.2, -0.15) is 0 Å². The maximum atomic E-state index is 12.5. The van der Waals surface area contributed by atoms with Crippen LogP contribution < -0.4 is 15.4 Å². The Hall–Kier alpha value is -3.35. The van der Waals surface area contributed by atoms with Crippen molar-refractivity contribution in [1.29, 1.82) is 0 Å². The molecule has 7 nitrogen and oxygen atoms in total. The van der Waals surface area contributed by atoms with Crippen molar-refractivity contribution >= 4 is 29.1 Å². The van der Waals surface area contributed by atoms with Crippen molar-refractivity contribution in [2.75, 3.05) is 23.7 Å². The molecule has 7 heteroatoms. The van der Waals surface area contributed by atoms with Crippen LogP contribution in [0.3, 0.4) is 0 Å². The molecule has 0 saturated carbocycles. The van der Waals surface area contributed by atoms with E-state index in [1.165, 1.54) is 5.56 Å². The quantitative estimate of drug-likeness (QED) is 0.785. The second-order valence-corrected chi connectivity index (χ2v) is 7.47. The standard InChI is InChI=1S/C22H23N3O4/c1-14-2-5-17(6-3-14)29-18-8-10-25(11-9-18)22(28)21(27)23-16-4-7-19-15(12-16)13-20(26)24-19/h2-7,12,18H,8-11,13H2,1H3,(H,23,27)(H,24,26). The van der Waals surface area contributed by atoms with Crippen molar-refractivity contribution in [2.45, 2.75) is 32.3 Å². The van der Waals surface area contributed by atoms with Gasteiger partial charge in [0.25, 0.3) is 0 Å². The van der Waals surface area contributed by atoms with Crippen LogP contribution >= 0.6 is 0 Å². The van der Waals surface area contributed by atoms with Crippen LogP contribution in [0.2, 0.25) is 0 Å². The molecule has 0 spiro atoms. The number of likely N-dealkylation sites (tertiary alicyclic amines) is 1. The number of amides is 3. The summed E-state index contributed by atoms with van der Waals surface area (Å²) >= 11 is 0. The Labute approximate surface area is 169 Å². The lowest BCUT2D eigenvalue weighted by Crippen LogP contribution is -2.46. The molecule has 0 bridgehead atoms. The number of fused-ring (bicyclic) bond motifs is 1. The first-order valence-corrected chi connectivity index (χ1v) is 9.74. The summed E-state index contributed by atoms with van der Waals surface area (Å²) in [4.78, 5) is 37.9. The van der Waals surface area contributed by atoms with Gasteiger partial charge in [-0.3, -0.25) is 14.4 Å². The summed E-state index contributed by atoms with van der Waals surface area (Å²) in [5.41, 5.74) is 3.25. The van der Waals surface area contributed by atoms with Crippen LogP contribution in [-0.4, -0.2) is 41.8 Å². The Bertz CT molecular complexity index is 947. The second kappa shape index (κ2) is 7.95. The Morgan fingerprint density at radius 3 is 2.55 bits per heavy atom. The van der Waals surface area contributed by atoms with Gasteiger partial charge >= 0.3 is 11.8 Å². The lowest BCUT2D eigenvalue weighted by atomic mass is 10.1. The van der Waals surface area contributed by atoms with Crippen molar-refractivity contribution in [3.8, 4) is 5.75 Å². The summed E-state index contributed by atoms with van der Waals surface area (Å²) < 4.78 is 5.97. The van der Waals surface area contributed by atoms with E-state index in [1.807, 2.05) is 31.2 Å². The number of nitrogens with zero attached hydrogens (tertiary/aromatic N) is 1. The van der Waals surface area contributed by atoms with E-state index >= 15 is 0 Å². The zero-order chi connectivity index (χ0) is 20.4. The molecule has 29 heavy (non-hydrogen) atoms. The number of hydrogen-bond donors (Lipinski definition) is 2. The van der Waals surface area contributed by atoms with Crippen LogP contribution in [0.25, 0.3) is 0 Å². The van der Waals surface area contributed by atoms with E-state index in [1.54, 1.807) is 23.1 Å². The Balaban J connectivity index is 1.29. The number of anilines is 2. The van der Waals surface area contributed by atoms with Gasteiger partial charge in [0, 0.05) is 37.3 Å². The highest BCUT2D eigenvalue weighted by atomic mass is 16.5. The van der Waals surface area contributed by atoms with E-state index in [0.29, 0.717) is 31.6 Å². The summed E-state index contributed by atoms with van der Waals surface area (Å²) in [6.07, 6.45) is 1.67. The zero-order valence-corrected chi connectivity index (χ0v) is 16.2. The minimum absolute atomic E-state index is 0.0339. The van der Waals surface area contributed by atoms with Crippen molar-refractivity contribution in [1.82, 2.24) is 4.90 Å². The number of nitrogens with one attached hydrogen (secondary N) is 2. The van der Waals surface area contributed by atoms with E-state index in [4.69, 9.17) is 4.74 Å². The van der Waals surface area contributed by atoms with Gasteiger partial charge in [0.1, 0.15) is 11.9 Å². The molecule has 4 rings (SSSR count). The monoisotopic (exact) mass is 393 g/mol. The van der Waals surface area contributed by atoms with E-state index < -0.39 is 11.8 Å². The van der Waals surface area contributed by atoms with E-state index in [-0.39, 0.29) is 18.4 Å². The van der Waals surface area contributed by atoms with Gasteiger partial charge in [-0.1, -0.05) is 17.7 Å². The van der Waals surface area contributed by atoms with Crippen LogP contribution in [0.1, 0.15) is 24.0 Å². The predicted molar refractivity (Wildman–Crippen MR) is 109 cm³/mol. The average Bonchev–Trinajstić information content (AvgIpc) is 3.09. The van der Waals surface area contributed by atoms with Gasteiger partial charge < -0.3 is 20.3 Å². The summed E-state index contributed by atoms with van der Waals surface area (Å²) in [5.74, 6) is -0.466. The molecule has 2 N–H and O–H groups in total. The molecule has 1 fully saturated rings. The number of carbonyl (C=O) groups excluding carboxylic acids is 3. The van der Waals surface area contributed by atoms with Gasteiger partial charge in [-0.15, -0.1) is 0 Å². The average molecular weight is 393 g/mol. The summed E-state index contributed by atoms with van der Waals surface area (Å²) in [6.45, 7) is 2.98. The largest absolute Gasteiger partial charge is 0.490 e. The first-order valence-electron chi connectivity index (χ1n) is 9.74. The lowest BCUT2D eigenvalue weighted by Gasteiger charge is -2.31. The third kappa shape index (κ3) is 4.39. The molecule has 2 aromatic rings. The summed E-state index contributed by atoms with van der Waals surface area (Å²) in [7, 11) is 0. The van der Waals surface area contributed by atoms with E-state index in [0.717, 1.165) is 17.0 Å². The predicted octanol–water partition coefficient (Wildman–Crippen LogP) is 2.50. The maximum Gasteiger partial charge on any atom is 0.313 e. The van der Waals surface area contributed by atoms with Gasteiger partial charge in [0.05, 0.1) is 6.42 Å². The molecule has 3 amide bonds. The van der Waals surface area contributed by atoms with E-state index in [9.17, 15) is 14.4 Å². The van der Waals surface area contributed by atoms with Crippen LogP contribution in [0.5, 0.6) is 5.75 Å². The van der Waals surface area contributed by atoms with Crippen LogP contribution in [-0.2, 0) is 20.8 Å². The number of ether oxygens (including phenoxy) is 1. The zero-order valence-electron chi connectivity index (χ0n) is 16.2. The summed E-state index contributed by atoms with van der Waals surface area (Å²) in [6, 6.07) is 13.0.